The summed E-state index contributed by atoms with van der Waals surface area (Å²) in [6.45, 7) is 3.59. The molecule has 1 fully saturated rings. The highest BCUT2D eigenvalue weighted by molar-refractivity contribution is 6.31. The van der Waals surface area contributed by atoms with Gasteiger partial charge in [0.2, 0.25) is 5.91 Å². The van der Waals surface area contributed by atoms with Crippen molar-refractivity contribution in [3.05, 3.63) is 58.0 Å². The minimum atomic E-state index is -0.671. The monoisotopic (exact) mass is 458 g/mol. The van der Waals surface area contributed by atoms with E-state index in [4.69, 9.17) is 16.3 Å². The molecule has 1 saturated heterocycles. The molecule has 0 saturated carbocycles. The van der Waals surface area contributed by atoms with E-state index in [1.807, 2.05) is 22.8 Å². The summed E-state index contributed by atoms with van der Waals surface area (Å²) >= 11 is 6.04. The zero-order valence-corrected chi connectivity index (χ0v) is 18.6. The highest BCUT2D eigenvalue weighted by atomic mass is 35.5. The number of aromatic nitrogens is 2. The van der Waals surface area contributed by atoms with Crippen molar-refractivity contribution in [3.63, 3.8) is 0 Å². The molecule has 32 heavy (non-hydrogen) atoms. The summed E-state index contributed by atoms with van der Waals surface area (Å²) in [7, 11) is 0. The Labute approximate surface area is 190 Å². The predicted octanol–water partition coefficient (Wildman–Crippen LogP) is 3.02. The smallest absolute Gasteiger partial charge is 0.326 e. The first-order chi connectivity index (χ1) is 15.4. The number of imidazole rings is 1. The Hall–Kier alpha value is -2.81. The van der Waals surface area contributed by atoms with Gasteiger partial charge in [-0.1, -0.05) is 23.7 Å². The first-order valence-electron chi connectivity index (χ1n) is 10.7. The molecule has 1 atom stereocenters. The summed E-state index contributed by atoms with van der Waals surface area (Å²) in [5, 5.41) is 13.8. The van der Waals surface area contributed by atoms with Crippen LogP contribution in [0, 0.1) is 0 Å². The van der Waals surface area contributed by atoms with Crippen molar-refractivity contribution < 1.29 is 14.6 Å². The third-order valence-corrected chi connectivity index (χ3v) is 5.93. The van der Waals surface area contributed by atoms with Gasteiger partial charge in [-0.3, -0.25) is 9.36 Å². The van der Waals surface area contributed by atoms with Crippen LogP contribution >= 0.6 is 11.6 Å². The fraction of sp³-hybridized carbons (Fsp3) is 0.391. The van der Waals surface area contributed by atoms with Crippen molar-refractivity contribution in [1.29, 1.82) is 0 Å². The van der Waals surface area contributed by atoms with Crippen LogP contribution in [-0.2, 0) is 4.79 Å². The van der Waals surface area contributed by atoms with E-state index >= 15 is 0 Å². The van der Waals surface area contributed by atoms with Crippen LogP contribution in [0.3, 0.4) is 0 Å². The standard InChI is InChI=1S/C23H27ClN4O4/c1-15(29)25-19-4-2-3-5-22(19)32-14-18(30)13-27-10-8-17(9-11-27)28-21-7-6-16(24)12-20(21)26-23(28)31/h2-7,12,17-18,30H,8-11,13-14H2,1H3,(H,25,29)(H,26,31)/t18-/m0/s1. The Balaban J connectivity index is 1.31. The number of aromatic amines is 1. The molecule has 1 aliphatic heterocycles. The molecule has 3 aromatic rings. The molecule has 8 nitrogen and oxygen atoms in total. The zero-order valence-electron chi connectivity index (χ0n) is 17.9. The summed E-state index contributed by atoms with van der Waals surface area (Å²) in [5.74, 6) is 0.348. The fourth-order valence-electron chi connectivity index (χ4n) is 4.25. The van der Waals surface area contributed by atoms with Crippen LogP contribution in [0.15, 0.2) is 47.3 Å². The molecule has 2 heterocycles. The number of nitrogens with zero attached hydrogens (tertiary/aromatic N) is 2. The van der Waals surface area contributed by atoms with E-state index in [1.165, 1.54) is 6.92 Å². The van der Waals surface area contributed by atoms with Crippen LogP contribution in [0.25, 0.3) is 11.0 Å². The number of amides is 1. The van der Waals surface area contributed by atoms with E-state index in [-0.39, 0.29) is 24.2 Å². The maximum absolute atomic E-state index is 12.5. The van der Waals surface area contributed by atoms with Gasteiger partial charge >= 0.3 is 5.69 Å². The van der Waals surface area contributed by atoms with Crippen molar-refractivity contribution in [3.8, 4) is 5.75 Å². The maximum atomic E-state index is 12.5. The molecule has 1 amide bonds. The van der Waals surface area contributed by atoms with E-state index in [0.717, 1.165) is 37.0 Å². The van der Waals surface area contributed by atoms with Crippen LogP contribution < -0.4 is 15.7 Å². The van der Waals surface area contributed by atoms with Gasteiger partial charge in [0.05, 0.1) is 16.7 Å². The van der Waals surface area contributed by atoms with Crippen molar-refractivity contribution in [2.75, 3.05) is 31.6 Å². The predicted molar refractivity (Wildman–Crippen MR) is 125 cm³/mol. The van der Waals surface area contributed by atoms with Gasteiger partial charge in [0.25, 0.3) is 0 Å². The Morgan fingerprint density at radius 1 is 1.28 bits per heavy atom. The molecule has 0 radical (unpaired) electrons. The number of para-hydroxylation sites is 2. The number of hydrogen-bond acceptors (Lipinski definition) is 5. The highest BCUT2D eigenvalue weighted by Gasteiger charge is 2.25. The van der Waals surface area contributed by atoms with Gasteiger partial charge in [-0.25, -0.2) is 4.79 Å². The van der Waals surface area contributed by atoms with Gasteiger partial charge in [0.1, 0.15) is 18.5 Å². The Morgan fingerprint density at radius 3 is 2.78 bits per heavy atom. The average Bonchev–Trinajstić information content (AvgIpc) is 3.08. The number of piperidine rings is 1. The van der Waals surface area contributed by atoms with Crippen LogP contribution in [0.2, 0.25) is 5.02 Å². The fourth-order valence-corrected chi connectivity index (χ4v) is 4.42. The van der Waals surface area contributed by atoms with Gasteiger partial charge < -0.3 is 25.0 Å². The number of fused-ring (bicyclic) bond motifs is 1. The molecule has 4 rings (SSSR count). The molecule has 0 bridgehead atoms. The molecule has 0 unspecified atom stereocenters. The molecule has 0 aliphatic carbocycles. The first-order valence-corrected chi connectivity index (χ1v) is 11.1. The van der Waals surface area contributed by atoms with Crippen molar-refractivity contribution >= 4 is 34.2 Å². The van der Waals surface area contributed by atoms with E-state index < -0.39 is 6.10 Å². The third kappa shape index (κ3) is 5.15. The van der Waals surface area contributed by atoms with Crippen molar-refractivity contribution in [2.24, 2.45) is 0 Å². The summed E-state index contributed by atoms with van der Waals surface area (Å²) in [5.41, 5.74) is 2.08. The summed E-state index contributed by atoms with van der Waals surface area (Å²) in [6.07, 6.45) is 0.956. The highest BCUT2D eigenvalue weighted by Crippen LogP contribution is 2.27. The molecule has 9 heteroatoms. The lowest BCUT2D eigenvalue weighted by molar-refractivity contribution is -0.114. The number of likely N-dealkylation sites (tertiary alicyclic amines) is 1. The van der Waals surface area contributed by atoms with E-state index in [9.17, 15) is 14.7 Å². The summed E-state index contributed by atoms with van der Waals surface area (Å²) in [4.78, 5) is 28.9. The number of nitrogens with one attached hydrogen (secondary N) is 2. The average molecular weight is 459 g/mol. The van der Waals surface area contributed by atoms with Crippen molar-refractivity contribution in [2.45, 2.75) is 31.9 Å². The minimum Gasteiger partial charge on any atom is -0.489 e. The number of rotatable bonds is 7. The maximum Gasteiger partial charge on any atom is 0.326 e. The summed E-state index contributed by atoms with van der Waals surface area (Å²) < 4.78 is 7.56. The number of aliphatic hydroxyl groups is 1. The number of hydrogen-bond donors (Lipinski definition) is 3. The Bertz CT molecular complexity index is 1150. The number of anilines is 1. The quantitative estimate of drug-likeness (QED) is 0.505. The molecule has 1 aromatic heterocycles. The van der Waals surface area contributed by atoms with E-state index in [1.54, 1.807) is 24.3 Å². The summed E-state index contributed by atoms with van der Waals surface area (Å²) in [6, 6.07) is 12.7. The van der Waals surface area contributed by atoms with Crippen LogP contribution in [0.4, 0.5) is 5.69 Å². The van der Waals surface area contributed by atoms with Crippen molar-refractivity contribution in [1.82, 2.24) is 14.5 Å². The third-order valence-electron chi connectivity index (χ3n) is 5.70. The molecule has 2 aromatic carbocycles. The second-order valence-electron chi connectivity index (χ2n) is 8.14. The molecule has 0 spiro atoms. The zero-order chi connectivity index (χ0) is 22.7. The molecule has 3 N–H and O–H groups in total. The number of aliphatic hydroxyl groups excluding tert-OH is 1. The topological polar surface area (TPSA) is 99.6 Å². The number of ether oxygens (including phenoxy) is 1. The van der Waals surface area contributed by atoms with Gasteiger partial charge in [-0.05, 0) is 43.2 Å². The Kier molecular flexibility index (Phi) is 6.83. The van der Waals surface area contributed by atoms with Crippen LogP contribution in [-0.4, -0.2) is 57.8 Å². The van der Waals surface area contributed by atoms with E-state index in [2.05, 4.69) is 15.2 Å². The normalized spacial score (nSPS) is 16.2. The molecular formula is C23H27ClN4O4. The van der Waals surface area contributed by atoms with Gasteiger partial charge in [-0.15, -0.1) is 0 Å². The molecular weight excluding hydrogens is 432 g/mol. The lowest BCUT2D eigenvalue weighted by atomic mass is 10.0. The second-order valence-corrected chi connectivity index (χ2v) is 8.57. The van der Waals surface area contributed by atoms with Crippen LogP contribution in [0.5, 0.6) is 5.75 Å². The molecule has 170 valence electrons. The second kappa shape index (κ2) is 9.77. The Morgan fingerprint density at radius 2 is 2.03 bits per heavy atom. The number of benzene rings is 2. The SMILES string of the molecule is CC(=O)Nc1ccccc1OC[C@@H](O)CN1CCC(n2c(=O)[nH]c3cc(Cl)ccc32)CC1. The van der Waals surface area contributed by atoms with Gasteiger partial charge in [-0.2, -0.15) is 0 Å². The number of carbonyl (C=O) groups excluding carboxylic acids is 1. The van der Waals surface area contributed by atoms with Gasteiger partial charge in [0, 0.05) is 37.6 Å². The number of β-amino-alcohol motifs (C(OH)–C–C–N with tert-alkyl or cyclic N) is 1. The number of H-pyrrole nitrogens is 1. The van der Waals surface area contributed by atoms with E-state index in [0.29, 0.717) is 23.0 Å². The number of halogens is 1. The minimum absolute atomic E-state index is 0.103. The lowest BCUT2D eigenvalue weighted by Crippen LogP contribution is -2.42. The first kappa shape index (κ1) is 22.4. The largest absolute Gasteiger partial charge is 0.489 e. The number of carbonyl (C=O) groups is 1. The van der Waals surface area contributed by atoms with Gasteiger partial charge in [0.15, 0.2) is 0 Å². The molecule has 1 aliphatic rings. The van der Waals surface area contributed by atoms with Crippen LogP contribution in [0.1, 0.15) is 25.8 Å². The lowest BCUT2D eigenvalue weighted by Gasteiger charge is -2.33.